The van der Waals surface area contributed by atoms with E-state index in [0.717, 1.165) is 25.7 Å². The minimum absolute atomic E-state index is 1.01. The Morgan fingerprint density at radius 3 is 2.03 bits per heavy atom. The summed E-state index contributed by atoms with van der Waals surface area (Å²) >= 11 is 0. The molecule has 0 saturated heterocycles. The number of hydrogen-bond donors (Lipinski definition) is 0. The van der Waals surface area contributed by atoms with Gasteiger partial charge in [-0.2, -0.15) is 0 Å². The third-order valence-electron chi connectivity index (χ3n) is 5.43. The average molecular weight is 423 g/mol. The monoisotopic (exact) mass is 422 g/mol. The Hall–Kier alpha value is -1.82. The largest absolute Gasteiger partial charge is 0.100 e. The Kier molecular flexibility index (Phi) is 15.0. The predicted octanol–water partition coefficient (Wildman–Crippen LogP) is 9.97. The number of unbranched alkanes of at least 4 members (excludes halogenated alkanes) is 2. The highest BCUT2D eigenvalue weighted by atomic mass is 14.2. The van der Waals surface area contributed by atoms with Gasteiger partial charge in [-0.05, 0) is 122 Å². The van der Waals surface area contributed by atoms with Crippen molar-refractivity contribution in [2.75, 3.05) is 0 Å². The summed E-state index contributed by atoms with van der Waals surface area (Å²) in [5.74, 6) is 0. The lowest BCUT2D eigenvalue weighted by Crippen LogP contribution is -2.05. The fourth-order valence-electron chi connectivity index (χ4n) is 3.80. The van der Waals surface area contributed by atoms with Gasteiger partial charge in [-0.15, -0.1) is 6.58 Å². The smallest absolute Gasteiger partial charge is 0.00670 e. The summed E-state index contributed by atoms with van der Waals surface area (Å²) in [4.78, 5) is 0. The lowest BCUT2D eigenvalue weighted by molar-refractivity contribution is 0.712. The van der Waals surface area contributed by atoms with Crippen LogP contribution in [-0.2, 0) is 19.3 Å². The van der Waals surface area contributed by atoms with Gasteiger partial charge < -0.3 is 0 Å². The van der Waals surface area contributed by atoms with Crippen molar-refractivity contribution in [3.8, 4) is 0 Å². The van der Waals surface area contributed by atoms with E-state index in [9.17, 15) is 0 Å². The second-order valence-corrected chi connectivity index (χ2v) is 9.81. The quantitative estimate of drug-likeness (QED) is 0.246. The molecular formula is C31H50. The zero-order valence-corrected chi connectivity index (χ0v) is 22.3. The number of allylic oxidation sites excluding steroid dienone is 6. The van der Waals surface area contributed by atoms with Crippen LogP contribution in [0.3, 0.4) is 0 Å². The SMILES string of the molecule is C=C(C)C.C=C(C)Cc1c(C/C=C(\C)CCC=C(C)C)cc(C)c(CCCCC)c1C. The van der Waals surface area contributed by atoms with Crippen molar-refractivity contribution in [1.82, 2.24) is 0 Å². The summed E-state index contributed by atoms with van der Waals surface area (Å²) < 4.78 is 0. The number of aryl methyl sites for hydroxylation is 1. The van der Waals surface area contributed by atoms with Gasteiger partial charge in [0.15, 0.2) is 0 Å². The van der Waals surface area contributed by atoms with Crippen molar-refractivity contribution < 1.29 is 0 Å². The number of rotatable bonds is 11. The van der Waals surface area contributed by atoms with Crippen molar-refractivity contribution in [3.05, 3.63) is 81.5 Å². The zero-order valence-electron chi connectivity index (χ0n) is 22.3. The summed E-state index contributed by atoms with van der Waals surface area (Å²) in [6, 6.07) is 2.45. The highest BCUT2D eigenvalue weighted by molar-refractivity contribution is 5.47. The van der Waals surface area contributed by atoms with E-state index in [2.05, 4.69) is 79.8 Å². The minimum atomic E-state index is 1.01. The molecule has 0 spiro atoms. The Morgan fingerprint density at radius 1 is 0.903 bits per heavy atom. The van der Waals surface area contributed by atoms with Crippen LogP contribution in [0, 0.1) is 13.8 Å². The van der Waals surface area contributed by atoms with Gasteiger partial charge >= 0.3 is 0 Å². The summed E-state index contributed by atoms with van der Waals surface area (Å²) in [6.45, 7) is 27.4. The fourth-order valence-corrected chi connectivity index (χ4v) is 3.80. The van der Waals surface area contributed by atoms with Crippen molar-refractivity contribution in [2.24, 2.45) is 0 Å². The Balaban J connectivity index is 0.00000206. The molecular weight excluding hydrogens is 372 g/mol. The Bertz CT molecular complexity index is 760. The third-order valence-corrected chi connectivity index (χ3v) is 5.43. The van der Waals surface area contributed by atoms with Crippen LogP contribution in [0.5, 0.6) is 0 Å². The van der Waals surface area contributed by atoms with Crippen LogP contribution in [-0.4, -0.2) is 0 Å². The summed E-state index contributed by atoms with van der Waals surface area (Å²) in [5.41, 5.74) is 12.9. The highest BCUT2D eigenvalue weighted by Crippen LogP contribution is 2.27. The van der Waals surface area contributed by atoms with Crippen LogP contribution in [0.15, 0.2) is 53.7 Å². The van der Waals surface area contributed by atoms with E-state index in [1.54, 1.807) is 5.56 Å². The molecule has 0 amide bonds. The summed E-state index contributed by atoms with van der Waals surface area (Å²) in [6.07, 6.45) is 14.3. The van der Waals surface area contributed by atoms with Crippen LogP contribution in [0.25, 0.3) is 0 Å². The lowest BCUT2D eigenvalue weighted by Gasteiger charge is -2.19. The maximum absolute atomic E-state index is 4.19. The molecule has 174 valence electrons. The second kappa shape index (κ2) is 15.9. The summed E-state index contributed by atoms with van der Waals surface area (Å²) in [5, 5.41) is 0. The topological polar surface area (TPSA) is 0 Å². The van der Waals surface area contributed by atoms with Gasteiger partial charge in [0.05, 0.1) is 0 Å². The summed E-state index contributed by atoms with van der Waals surface area (Å²) in [7, 11) is 0. The molecule has 0 radical (unpaired) electrons. The van der Waals surface area contributed by atoms with Crippen molar-refractivity contribution >= 4 is 0 Å². The molecule has 0 aliphatic carbocycles. The van der Waals surface area contributed by atoms with E-state index in [0.29, 0.717) is 0 Å². The number of hydrogen-bond acceptors (Lipinski definition) is 0. The van der Waals surface area contributed by atoms with Gasteiger partial charge in [0.2, 0.25) is 0 Å². The van der Waals surface area contributed by atoms with Crippen LogP contribution in [0.2, 0.25) is 0 Å². The maximum Gasteiger partial charge on any atom is -0.00670 e. The predicted molar refractivity (Wildman–Crippen MR) is 144 cm³/mol. The van der Waals surface area contributed by atoms with E-state index < -0.39 is 0 Å². The zero-order chi connectivity index (χ0) is 24.0. The Morgan fingerprint density at radius 2 is 1.52 bits per heavy atom. The first-order valence-corrected chi connectivity index (χ1v) is 12.2. The molecule has 1 rings (SSSR count). The molecule has 0 fully saturated rings. The average Bonchev–Trinajstić information content (AvgIpc) is 2.64. The first-order chi connectivity index (χ1) is 14.5. The van der Waals surface area contributed by atoms with Gasteiger partial charge in [-0.1, -0.05) is 66.9 Å². The third kappa shape index (κ3) is 13.2. The van der Waals surface area contributed by atoms with Crippen LogP contribution in [0.1, 0.15) is 108 Å². The van der Waals surface area contributed by atoms with Gasteiger partial charge in [0, 0.05) is 0 Å². The minimum Gasteiger partial charge on any atom is -0.100 e. The molecule has 0 saturated carbocycles. The van der Waals surface area contributed by atoms with Gasteiger partial charge in [-0.3, -0.25) is 0 Å². The van der Waals surface area contributed by atoms with Crippen LogP contribution in [0.4, 0.5) is 0 Å². The van der Waals surface area contributed by atoms with Crippen LogP contribution < -0.4 is 0 Å². The Labute approximate surface area is 195 Å². The van der Waals surface area contributed by atoms with E-state index in [1.807, 2.05) is 13.8 Å². The van der Waals surface area contributed by atoms with E-state index in [4.69, 9.17) is 0 Å². The second-order valence-electron chi connectivity index (χ2n) is 9.81. The van der Waals surface area contributed by atoms with E-state index in [1.165, 1.54) is 70.2 Å². The molecule has 0 bridgehead atoms. The molecule has 1 aromatic rings. The molecule has 0 aliphatic heterocycles. The van der Waals surface area contributed by atoms with Crippen molar-refractivity contribution in [1.29, 1.82) is 0 Å². The molecule has 31 heavy (non-hydrogen) atoms. The molecule has 0 aromatic heterocycles. The first kappa shape index (κ1) is 29.2. The standard InChI is InChI=1S/C27H42.C4H8/c1-9-10-11-15-26-23(7)19-25(27(24(26)8)18-21(4)5)17-16-22(6)14-12-13-20(2)3;1-4(2)3/h13,16,19H,4,9-12,14-15,17-18H2,1-3,5-8H3;1H2,2-3H3/b22-16+;. The van der Waals surface area contributed by atoms with Crippen molar-refractivity contribution in [2.45, 2.75) is 114 Å². The first-order valence-electron chi connectivity index (χ1n) is 12.2. The maximum atomic E-state index is 4.19. The molecule has 0 N–H and O–H groups in total. The van der Waals surface area contributed by atoms with Crippen molar-refractivity contribution in [3.63, 3.8) is 0 Å². The lowest BCUT2D eigenvalue weighted by atomic mass is 9.86. The fraction of sp³-hybridized carbons (Fsp3) is 0.548. The molecule has 0 atom stereocenters. The van der Waals surface area contributed by atoms with Crippen LogP contribution >= 0.6 is 0 Å². The molecule has 0 nitrogen and oxygen atoms in total. The molecule has 0 heterocycles. The van der Waals surface area contributed by atoms with Gasteiger partial charge in [0.25, 0.3) is 0 Å². The normalized spacial score (nSPS) is 10.9. The van der Waals surface area contributed by atoms with Gasteiger partial charge in [-0.25, -0.2) is 0 Å². The molecule has 1 aromatic carbocycles. The molecule has 0 heteroatoms. The van der Waals surface area contributed by atoms with E-state index >= 15 is 0 Å². The van der Waals surface area contributed by atoms with Gasteiger partial charge in [0.1, 0.15) is 0 Å². The highest BCUT2D eigenvalue weighted by Gasteiger charge is 2.13. The number of benzene rings is 1. The van der Waals surface area contributed by atoms with E-state index in [-0.39, 0.29) is 0 Å². The molecule has 0 aliphatic rings. The molecule has 0 unspecified atom stereocenters.